The van der Waals surface area contributed by atoms with Gasteiger partial charge in [-0.05, 0) is 83.5 Å². The second-order valence-electron chi connectivity index (χ2n) is 16.0. The van der Waals surface area contributed by atoms with Crippen molar-refractivity contribution in [2.45, 2.75) is 245 Å². The zero-order valence-electron chi connectivity index (χ0n) is 37.6. The monoisotopic (exact) mass is 799 g/mol. The molecule has 0 aliphatic heterocycles. The van der Waals surface area contributed by atoms with Crippen LogP contribution in [0.3, 0.4) is 0 Å². The van der Waals surface area contributed by atoms with Crippen molar-refractivity contribution in [2.75, 3.05) is 13.2 Å². The van der Waals surface area contributed by atoms with E-state index in [1.165, 1.54) is 103 Å². The molecule has 0 saturated heterocycles. The standard InChI is InChI=1S/C51H90O6/c1-4-7-10-13-16-19-21-23-24-25-26-28-29-32-35-38-41-44-50(53)56-47-48(46-55-49(52)43-40-37-34-31-18-15-12-9-6-3)57-51(54)45-42-39-36-33-30-27-22-20-17-14-11-8-5-2/h16,19-20,22-24,26,28,48H,4-15,17-18,21,25,27,29-47H2,1-3H3/b19-16-,22-20-,24-23-,28-26-/t48-/m1/s1. The highest BCUT2D eigenvalue weighted by atomic mass is 16.6. The largest absolute Gasteiger partial charge is 0.462 e. The number of hydrogen-bond acceptors (Lipinski definition) is 6. The Kier molecular flexibility index (Phi) is 43.9. The van der Waals surface area contributed by atoms with Crippen LogP contribution >= 0.6 is 0 Å². The highest BCUT2D eigenvalue weighted by Gasteiger charge is 2.19. The smallest absolute Gasteiger partial charge is 0.306 e. The van der Waals surface area contributed by atoms with E-state index in [1.807, 2.05) is 0 Å². The Balaban J connectivity index is 4.38. The minimum atomic E-state index is -0.782. The summed E-state index contributed by atoms with van der Waals surface area (Å²) in [6, 6.07) is 0. The minimum Gasteiger partial charge on any atom is -0.462 e. The summed E-state index contributed by atoms with van der Waals surface area (Å²) in [5, 5.41) is 0. The van der Waals surface area contributed by atoms with Crippen LogP contribution in [0.5, 0.6) is 0 Å². The zero-order chi connectivity index (χ0) is 41.5. The fourth-order valence-corrected chi connectivity index (χ4v) is 6.62. The first kappa shape index (κ1) is 54.4. The topological polar surface area (TPSA) is 78.9 Å². The summed E-state index contributed by atoms with van der Waals surface area (Å²) >= 11 is 0. The molecule has 0 unspecified atom stereocenters. The van der Waals surface area contributed by atoms with Crippen LogP contribution < -0.4 is 0 Å². The lowest BCUT2D eigenvalue weighted by molar-refractivity contribution is -0.167. The Morgan fingerprint density at radius 1 is 0.351 bits per heavy atom. The Hall–Kier alpha value is -2.63. The van der Waals surface area contributed by atoms with Crippen LogP contribution in [0.1, 0.15) is 239 Å². The second-order valence-corrected chi connectivity index (χ2v) is 16.0. The molecule has 0 aliphatic rings. The van der Waals surface area contributed by atoms with E-state index in [2.05, 4.69) is 69.4 Å². The summed E-state index contributed by atoms with van der Waals surface area (Å²) in [6.45, 7) is 6.55. The lowest BCUT2D eigenvalue weighted by Gasteiger charge is -2.18. The molecular formula is C51H90O6. The summed E-state index contributed by atoms with van der Waals surface area (Å²) in [5.41, 5.74) is 0. The van der Waals surface area contributed by atoms with Crippen molar-refractivity contribution in [1.82, 2.24) is 0 Å². The SMILES string of the molecule is CCCCC/C=C\C/C=C\C/C=C\CCCCCCC(=O)OC[C@@H](COC(=O)CCCCCCCCCCC)OC(=O)CCCCCCC/C=C\CCCCCC. The van der Waals surface area contributed by atoms with Crippen LogP contribution in [0, 0.1) is 0 Å². The number of rotatable bonds is 43. The van der Waals surface area contributed by atoms with Gasteiger partial charge in [-0.3, -0.25) is 14.4 Å². The molecule has 0 N–H and O–H groups in total. The molecule has 6 nitrogen and oxygen atoms in total. The fourth-order valence-electron chi connectivity index (χ4n) is 6.62. The van der Waals surface area contributed by atoms with E-state index in [9.17, 15) is 14.4 Å². The van der Waals surface area contributed by atoms with Crippen LogP contribution in [0.15, 0.2) is 48.6 Å². The normalized spacial score (nSPS) is 12.4. The van der Waals surface area contributed by atoms with Gasteiger partial charge >= 0.3 is 17.9 Å². The summed E-state index contributed by atoms with van der Waals surface area (Å²) in [4.78, 5) is 37.8. The predicted molar refractivity (Wildman–Crippen MR) is 242 cm³/mol. The van der Waals surface area contributed by atoms with E-state index in [0.29, 0.717) is 19.3 Å². The number of unbranched alkanes of at least 4 members (excludes halogenated alkanes) is 24. The van der Waals surface area contributed by atoms with Gasteiger partial charge in [0.15, 0.2) is 6.10 Å². The van der Waals surface area contributed by atoms with Crippen molar-refractivity contribution in [1.29, 1.82) is 0 Å². The Morgan fingerprint density at radius 3 is 1.05 bits per heavy atom. The summed E-state index contributed by atoms with van der Waals surface area (Å²) in [5.74, 6) is -0.915. The molecule has 0 saturated carbocycles. The lowest BCUT2D eigenvalue weighted by Crippen LogP contribution is -2.30. The van der Waals surface area contributed by atoms with Crippen LogP contribution in [0.25, 0.3) is 0 Å². The number of carbonyl (C=O) groups excluding carboxylic acids is 3. The maximum atomic E-state index is 12.7. The van der Waals surface area contributed by atoms with Gasteiger partial charge in [0, 0.05) is 19.3 Å². The van der Waals surface area contributed by atoms with Gasteiger partial charge in [-0.1, -0.05) is 185 Å². The van der Waals surface area contributed by atoms with Crippen LogP contribution in [0.2, 0.25) is 0 Å². The first-order valence-corrected chi connectivity index (χ1v) is 24.1. The maximum absolute atomic E-state index is 12.7. The van der Waals surface area contributed by atoms with Gasteiger partial charge in [0.2, 0.25) is 0 Å². The second kappa shape index (κ2) is 46.1. The molecule has 0 aliphatic carbocycles. The molecule has 0 heterocycles. The van der Waals surface area contributed by atoms with E-state index < -0.39 is 6.10 Å². The fraction of sp³-hybridized carbons (Fsp3) is 0.784. The molecule has 0 spiro atoms. The van der Waals surface area contributed by atoms with Crippen molar-refractivity contribution in [3.8, 4) is 0 Å². The molecule has 0 bridgehead atoms. The van der Waals surface area contributed by atoms with Crippen LogP contribution in [-0.2, 0) is 28.6 Å². The Labute approximate surface area is 352 Å². The molecule has 0 fully saturated rings. The molecule has 1 atom stereocenters. The van der Waals surface area contributed by atoms with E-state index >= 15 is 0 Å². The summed E-state index contributed by atoms with van der Waals surface area (Å²) in [6.07, 6.45) is 53.8. The average molecular weight is 799 g/mol. The van der Waals surface area contributed by atoms with Gasteiger partial charge in [-0.15, -0.1) is 0 Å². The Morgan fingerprint density at radius 2 is 0.632 bits per heavy atom. The van der Waals surface area contributed by atoms with E-state index in [4.69, 9.17) is 14.2 Å². The molecule has 330 valence electrons. The number of allylic oxidation sites excluding steroid dienone is 8. The quantitative estimate of drug-likeness (QED) is 0.0265. The third-order valence-corrected chi connectivity index (χ3v) is 10.3. The van der Waals surface area contributed by atoms with Gasteiger partial charge in [-0.2, -0.15) is 0 Å². The van der Waals surface area contributed by atoms with Gasteiger partial charge in [-0.25, -0.2) is 0 Å². The third-order valence-electron chi connectivity index (χ3n) is 10.3. The molecule has 0 aromatic heterocycles. The van der Waals surface area contributed by atoms with E-state index in [1.54, 1.807) is 0 Å². The van der Waals surface area contributed by atoms with E-state index in [-0.39, 0.29) is 31.1 Å². The van der Waals surface area contributed by atoms with Gasteiger partial charge in [0.25, 0.3) is 0 Å². The molecule has 0 aromatic rings. The highest BCUT2D eigenvalue weighted by molar-refractivity contribution is 5.71. The van der Waals surface area contributed by atoms with Crippen molar-refractivity contribution < 1.29 is 28.6 Å². The first-order valence-electron chi connectivity index (χ1n) is 24.1. The summed E-state index contributed by atoms with van der Waals surface area (Å²) in [7, 11) is 0. The maximum Gasteiger partial charge on any atom is 0.306 e. The molecule has 57 heavy (non-hydrogen) atoms. The van der Waals surface area contributed by atoms with Crippen molar-refractivity contribution in [3.05, 3.63) is 48.6 Å². The molecule has 0 radical (unpaired) electrons. The van der Waals surface area contributed by atoms with E-state index in [0.717, 1.165) is 96.3 Å². The molecule has 0 rings (SSSR count). The minimum absolute atomic E-state index is 0.0825. The third kappa shape index (κ3) is 44.3. The summed E-state index contributed by atoms with van der Waals surface area (Å²) < 4.78 is 16.7. The van der Waals surface area contributed by atoms with Crippen molar-refractivity contribution in [3.63, 3.8) is 0 Å². The Bertz CT molecular complexity index is 1010. The van der Waals surface area contributed by atoms with Gasteiger partial charge < -0.3 is 14.2 Å². The van der Waals surface area contributed by atoms with Crippen molar-refractivity contribution in [2.24, 2.45) is 0 Å². The van der Waals surface area contributed by atoms with Crippen molar-refractivity contribution >= 4 is 17.9 Å². The van der Waals surface area contributed by atoms with Crippen LogP contribution in [-0.4, -0.2) is 37.2 Å². The molecular weight excluding hydrogens is 709 g/mol. The van der Waals surface area contributed by atoms with Gasteiger partial charge in [0.05, 0.1) is 0 Å². The predicted octanol–water partition coefficient (Wildman–Crippen LogP) is 15.5. The average Bonchev–Trinajstić information content (AvgIpc) is 3.21. The molecule has 0 amide bonds. The molecule has 0 aromatic carbocycles. The highest BCUT2D eigenvalue weighted by Crippen LogP contribution is 2.14. The number of carbonyl (C=O) groups is 3. The molecule has 6 heteroatoms. The number of esters is 3. The number of ether oxygens (including phenoxy) is 3. The van der Waals surface area contributed by atoms with Crippen LogP contribution in [0.4, 0.5) is 0 Å². The van der Waals surface area contributed by atoms with Gasteiger partial charge in [0.1, 0.15) is 13.2 Å². The lowest BCUT2D eigenvalue weighted by atomic mass is 10.1. The first-order chi connectivity index (χ1) is 28.0. The zero-order valence-corrected chi connectivity index (χ0v) is 37.6. The number of hydrogen-bond donors (Lipinski definition) is 0.